The molecule has 0 atom stereocenters. The Morgan fingerprint density at radius 1 is 1.27 bits per heavy atom. The number of terminal acetylenes is 1. The largest absolute Gasteiger partial charge is 0.341 e. The Hall–Kier alpha value is -2.65. The number of hydrogen-bond acceptors (Lipinski definition) is 4. The average molecular weight is 313 g/mol. The van der Waals surface area contributed by atoms with Crippen molar-refractivity contribution in [2.24, 2.45) is 0 Å². The van der Waals surface area contributed by atoms with Crippen molar-refractivity contribution in [3.05, 3.63) is 45.4 Å². The standard InChI is InChI=1S/C16H15N3O2S/c1-4-9-17-15(20)12-7-5-6-8-13(12)19-16(21)14-10(2)18-11(3)22-14/h1,5-8H,9H2,2-3H3,(H,17,20)(H,19,21). The maximum absolute atomic E-state index is 12.3. The number of aryl methyl sites for hydroxylation is 2. The van der Waals surface area contributed by atoms with Crippen LogP contribution < -0.4 is 10.6 Å². The molecular formula is C16H15N3O2S. The molecule has 0 spiro atoms. The van der Waals surface area contributed by atoms with Gasteiger partial charge in [0.15, 0.2) is 0 Å². The summed E-state index contributed by atoms with van der Waals surface area (Å²) in [4.78, 5) is 29.1. The zero-order chi connectivity index (χ0) is 16.1. The van der Waals surface area contributed by atoms with Crippen molar-refractivity contribution in [2.75, 3.05) is 11.9 Å². The summed E-state index contributed by atoms with van der Waals surface area (Å²) in [7, 11) is 0. The molecule has 2 rings (SSSR count). The van der Waals surface area contributed by atoms with E-state index < -0.39 is 0 Å². The maximum atomic E-state index is 12.3. The lowest BCUT2D eigenvalue weighted by molar-refractivity contribution is 0.0959. The van der Waals surface area contributed by atoms with Gasteiger partial charge >= 0.3 is 0 Å². The van der Waals surface area contributed by atoms with Crippen LogP contribution in [0.5, 0.6) is 0 Å². The summed E-state index contributed by atoms with van der Waals surface area (Å²) in [6.45, 7) is 3.76. The molecule has 112 valence electrons. The third-order valence-electron chi connectivity index (χ3n) is 2.88. The number of nitrogens with zero attached hydrogens (tertiary/aromatic N) is 1. The van der Waals surface area contributed by atoms with Gasteiger partial charge in [0.05, 0.1) is 28.5 Å². The molecule has 0 aliphatic rings. The lowest BCUT2D eigenvalue weighted by Crippen LogP contribution is -2.25. The van der Waals surface area contributed by atoms with Crippen molar-refractivity contribution >= 4 is 28.8 Å². The highest BCUT2D eigenvalue weighted by Crippen LogP contribution is 2.21. The predicted molar refractivity (Wildman–Crippen MR) is 87.1 cm³/mol. The van der Waals surface area contributed by atoms with E-state index in [0.29, 0.717) is 21.8 Å². The van der Waals surface area contributed by atoms with Crippen LogP contribution >= 0.6 is 11.3 Å². The fourth-order valence-corrected chi connectivity index (χ4v) is 2.75. The second kappa shape index (κ2) is 6.87. The van der Waals surface area contributed by atoms with Gasteiger partial charge in [-0.25, -0.2) is 4.98 Å². The summed E-state index contributed by atoms with van der Waals surface area (Å²) in [5, 5.41) is 6.16. The highest BCUT2D eigenvalue weighted by molar-refractivity contribution is 7.13. The van der Waals surface area contributed by atoms with Crippen LogP contribution in [0.3, 0.4) is 0 Å². The molecule has 2 aromatic rings. The molecule has 0 radical (unpaired) electrons. The Morgan fingerprint density at radius 2 is 2.00 bits per heavy atom. The SMILES string of the molecule is C#CCNC(=O)c1ccccc1NC(=O)c1sc(C)nc1C. The minimum atomic E-state index is -0.328. The molecule has 0 saturated heterocycles. The van der Waals surface area contributed by atoms with Crippen molar-refractivity contribution in [3.8, 4) is 12.3 Å². The highest BCUT2D eigenvalue weighted by atomic mass is 32.1. The van der Waals surface area contributed by atoms with E-state index >= 15 is 0 Å². The van der Waals surface area contributed by atoms with E-state index in [0.717, 1.165) is 5.01 Å². The fourth-order valence-electron chi connectivity index (χ4n) is 1.94. The first-order valence-corrected chi connectivity index (χ1v) is 7.40. The number of nitrogens with one attached hydrogen (secondary N) is 2. The van der Waals surface area contributed by atoms with Gasteiger partial charge in [-0.15, -0.1) is 17.8 Å². The summed E-state index contributed by atoms with van der Waals surface area (Å²) < 4.78 is 0. The molecule has 0 unspecified atom stereocenters. The quantitative estimate of drug-likeness (QED) is 0.851. The topological polar surface area (TPSA) is 71.1 Å². The Labute approximate surface area is 132 Å². The lowest BCUT2D eigenvalue weighted by Gasteiger charge is -2.10. The molecule has 2 N–H and O–H groups in total. The molecule has 5 nitrogen and oxygen atoms in total. The summed E-state index contributed by atoms with van der Waals surface area (Å²) in [5.74, 6) is 1.73. The van der Waals surface area contributed by atoms with Gasteiger partial charge < -0.3 is 10.6 Å². The Balaban J connectivity index is 2.23. The first-order chi connectivity index (χ1) is 10.5. The van der Waals surface area contributed by atoms with Crippen LogP contribution in [0.25, 0.3) is 0 Å². The second-order valence-electron chi connectivity index (χ2n) is 4.53. The van der Waals surface area contributed by atoms with E-state index in [2.05, 4.69) is 21.5 Å². The van der Waals surface area contributed by atoms with Gasteiger partial charge in [-0.05, 0) is 26.0 Å². The summed E-state index contributed by atoms with van der Waals surface area (Å²) >= 11 is 1.32. The summed E-state index contributed by atoms with van der Waals surface area (Å²) in [6.07, 6.45) is 5.13. The van der Waals surface area contributed by atoms with E-state index in [-0.39, 0.29) is 18.4 Å². The van der Waals surface area contributed by atoms with Crippen molar-refractivity contribution < 1.29 is 9.59 Å². The third kappa shape index (κ3) is 3.51. The molecule has 1 heterocycles. The van der Waals surface area contributed by atoms with Gasteiger partial charge in [-0.2, -0.15) is 0 Å². The van der Waals surface area contributed by atoms with Crippen LogP contribution in [-0.4, -0.2) is 23.3 Å². The minimum Gasteiger partial charge on any atom is -0.341 e. The zero-order valence-corrected chi connectivity index (χ0v) is 13.1. The molecule has 0 aliphatic heterocycles. The van der Waals surface area contributed by atoms with Gasteiger partial charge in [0.2, 0.25) is 0 Å². The van der Waals surface area contributed by atoms with E-state index in [1.807, 2.05) is 6.92 Å². The van der Waals surface area contributed by atoms with Crippen LogP contribution in [0.1, 0.15) is 30.7 Å². The second-order valence-corrected chi connectivity index (χ2v) is 5.74. The van der Waals surface area contributed by atoms with Crippen molar-refractivity contribution in [1.82, 2.24) is 10.3 Å². The first-order valence-electron chi connectivity index (χ1n) is 6.59. The fraction of sp³-hybridized carbons (Fsp3) is 0.188. The molecule has 0 aliphatic carbocycles. The van der Waals surface area contributed by atoms with Gasteiger partial charge in [0, 0.05) is 0 Å². The Morgan fingerprint density at radius 3 is 2.64 bits per heavy atom. The summed E-state index contributed by atoms with van der Waals surface area (Å²) in [5.41, 5.74) is 1.48. The van der Waals surface area contributed by atoms with E-state index in [9.17, 15) is 9.59 Å². The zero-order valence-electron chi connectivity index (χ0n) is 12.3. The normalized spacial score (nSPS) is 9.86. The average Bonchev–Trinajstić information content (AvgIpc) is 2.84. The molecular weight excluding hydrogens is 298 g/mol. The van der Waals surface area contributed by atoms with Crippen LogP contribution in [-0.2, 0) is 0 Å². The molecule has 0 saturated carbocycles. The predicted octanol–water partition coefficient (Wildman–Crippen LogP) is 2.38. The van der Waals surface area contributed by atoms with Gasteiger partial charge in [0.1, 0.15) is 4.88 Å². The molecule has 1 aromatic heterocycles. The van der Waals surface area contributed by atoms with E-state index in [4.69, 9.17) is 6.42 Å². The van der Waals surface area contributed by atoms with Crippen molar-refractivity contribution in [2.45, 2.75) is 13.8 Å². The molecule has 22 heavy (non-hydrogen) atoms. The van der Waals surface area contributed by atoms with Gasteiger partial charge in [-0.3, -0.25) is 9.59 Å². The van der Waals surface area contributed by atoms with Crippen LogP contribution in [0.15, 0.2) is 24.3 Å². The number of amides is 2. The minimum absolute atomic E-state index is 0.133. The maximum Gasteiger partial charge on any atom is 0.267 e. The number of rotatable bonds is 4. The number of carbonyl (C=O) groups excluding carboxylic acids is 2. The number of hydrogen-bond donors (Lipinski definition) is 2. The molecule has 0 fully saturated rings. The number of aromatic nitrogens is 1. The first kappa shape index (κ1) is 15.7. The van der Waals surface area contributed by atoms with Crippen molar-refractivity contribution in [3.63, 3.8) is 0 Å². The summed E-state index contributed by atoms with van der Waals surface area (Å²) in [6, 6.07) is 6.78. The third-order valence-corrected chi connectivity index (χ3v) is 3.95. The number of para-hydroxylation sites is 1. The molecule has 6 heteroatoms. The van der Waals surface area contributed by atoms with Crippen LogP contribution in [0.2, 0.25) is 0 Å². The number of carbonyl (C=O) groups is 2. The van der Waals surface area contributed by atoms with Gasteiger partial charge in [-0.1, -0.05) is 18.1 Å². The van der Waals surface area contributed by atoms with Gasteiger partial charge in [0.25, 0.3) is 11.8 Å². The smallest absolute Gasteiger partial charge is 0.267 e. The lowest BCUT2D eigenvalue weighted by atomic mass is 10.1. The number of anilines is 1. The number of benzene rings is 1. The molecule has 1 aromatic carbocycles. The highest BCUT2D eigenvalue weighted by Gasteiger charge is 2.17. The Kier molecular flexibility index (Phi) is 4.92. The monoisotopic (exact) mass is 313 g/mol. The van der Waals surface area contributed by atoms with Crippen LogP contribution in [0, 0.1) is 26.2 Å². The molecule has 2 amide bonds. The number of thiazole rings is 1. The molecule has 0 bridgehead atoms. The van der Waals surface area contributed by atoms with E-state index in [1.54, 1.807) is 31.2 Å². The van der Waals surface area contributed by atoms with Crippen LogP contribution in [0.4, 0.5) is 5.69 Å². The van der Waals surface area contributed by atoms with E-state index in [1.165, 1.54) is 11.3 Å². The van der Waals surface area contributed by atoms with Crippen molar-refractivity contribution in [1.29, 1.82) is 0 Å². The Bertz CT molecular complexity index is 759.